The van der Waals surface area contributed by atoms with Crippen LogP contribution in [0.15, 0.2) is 77.2 Å². The number of carbonyl (C=O) groups is 1. The van der Waals surface area contributed by atoms with E-state index in [0.29, 0.717) is 26.6 Å². The number of halogens is 2. The van der Waals surface area contributed by atoms with Crippen molar-refractivity contribution < 1.29 is 4.79 Å². The van der Waals surface area contributed by atoms with E-state index in [1.165, 1.54) is 18.0 Å². The molecular weight excluding hydrogens is 479 g/mol. The van der Waals surface area contributed by atoms with E-state index in [2.05, 4.69) is 25.7 Å². The number of rotatable bonds is 7. The van der Waals surface area contributed by atoms with E-state index >= 15 is 0 Å². The Morgan fingerprint density at radius 1 is 1.09 bits per heavy atom. The molecule has 33 heavy (non-hydrogen) atoms. The van der Waals surface area contributed by atoms with Crippen LogP contribution < -0.4 is 5.43 Å². The summed E-state index contributed by atoms with van der Waals surface area (Å²) in [5, 5.41) is 14.0. The topological polar surface area (TPSA) is 85.1 Å². The van der Waals surface area contributed by atoms with Gasteiger partial charge in [-0.15, -0.1) is 10.2 Å². The molecule has 0 aliphatic carbocycles. The number of carbonyl (C=O) groups excluding carboxylic acids is 1. The summed E-state index contributed by atoms with van der Waals surface area (Å²) in [6.07, 6.45) is 4.86. The maximum Gasteiger partial charge on any atom is 0.250 e. The second-order valence-electron chi connectivity index (χ2n) is 6.94. The molecule has 0 atom stereocenters. The molecule has 1 N–H and O–H groups in total. The van der Waals surface area contributed by atoms with Gasteiger partial charge in [-0.25, -0.2) is 5.43 Å². The van der Waals surface area contributed by atoms with Gasteiger partial charge in [0.15, 0.2) is 11.0 Å². The number of hydrazone groups is 1. The van der Waals surface area contributed by atoms with Crippen molar-refractivity contribution in [2.45, 2.75) is 12.1 Å². The molecule has 0 fully saturated rings. The summed E-state index contributed by atoms with van der Waals surface area (Å²) in [5.41, 5.74) is 6.02. The maximum atomic E-state index is 12.4. The number of hydrogen-bond donors (Lipinski definition) is 1. The zero-order valence-electron chi connectivity index (χ0n) is 17.4. The molecule has 0 aliphatic rings. The summed E-state index contributed by atoms with van der Waals surface area (Å²) in [6, 6.07) is 16.9. The first-order valence-electron chi connectivity index (χ1n) is 9.84. The Kier molecular flexibility index (Phi) is 7.39. The lowest BCUT2D eigenvalue weighted by atomic mass is 10.2. The molecule has 0 radical (unpaired) electrons. The van der Waals surface area contributed by atoms with Crippen LogP contribution in [0.1, 0.15) is 11.1 Å². The molecule has 2 heterocycles. The lowest BCUT2D eigenvalue weighted by Gasteiger charge is -2.10. The molecule has 0 saturated carbocycles. The highest BCUT2D eigenvalue weighted by molar-refractivity contribution is 7.99. The molecule has 0 bridgehead atoms. The third-order valence-electron chi connectivity index (χ3n) is 4.57. The Labute approximate surface area is 204 Å². The zero-order valence-corrected chi connectivity index (χ0v) is 19.8. The zero-order chi connectivity index (χ0) is 23.2. The predicted octanol–water partition coefficient (Wildman–Crippen LogP) is 5.19. The van der Waals surface area contributed by atoms with Gasteiger partial charge in [-0.2, -0.15) is 5.10 Å². The Balaban J connectivity index is 1.50. The molecule has 2 aromatic carbocycles. The highest BCUT2D eigenvalue weighted by Gasteiger charge is 2.17. The van der Waals surface area contributed by atoms with Gasteiger partial charge in [-0.3, -0.25) is 14.3 Å². The number of aromatic nitrogens is 4. The lowest BCUT2D eigenvalue weighted by Crippen LogP contribution is -2.20. The van der Waals surface area contributed by atoms with Gasteiger partial charge in [0, 0.05) is 29.2 Å². The van der Waals surface area contributed by atoms with Crippen molar-refractivity contribution in [2.75, 3.05) is 5.75 Å². The lowest BCUT2D eigenvalue weighted by molar-refractivity contribution is -0.118. The minimum atomic E-state index is -0.293. The van der Waals surface area contributed by atoms with Crippen molar-refractivity contribution in [3.63, 3.8) is 0 Å². The molecule has 0 unspecified atom stereocenters. The summed E-state index contributed by atoms with van der Waals surface area (Å²) in [7, 11) is 0. The first kappa shape index (κ1) is 23.0. The molecule has 0 spiro atoms. The van der Waals surface area contributed by atoms with Gasteiger partial charge >= 0.3 is 0 Å². The number of aryl methyl sites for hydroxylation is 1. The Morgan fingerprint density at radius 3 is 2.61 bits per heavy atom. The third-order valence-corrected chi connectivity index (χ3v) is 6.33. The average Bonchev–Trinajstić information content (AvgIpc) is 3.25. The fourth-order valence-electron chi connectivity index (χ4n) is 2.93. The van der Waals surface area contributed by atoms with Gasteiger partial charge < -0.3 is 0 Å². The van der Waals surface area contributed by atoms with Crippen molar-refractivity contribution in [2.24, 2.45) is 5.10 Å². The van der Waals surface area contributed by atoms with Crippen LogP contribution in [0.3, 0.4) is 0 Å². The van der Waals surface area contributed by atoms with Crippen LogP contribution in [0.4, 0.5) is 0 Å². The first-order valence-corrected chi connectivity index (χ1v) is 11.6. The number of benzene rings is 2. The van der Waals surface area contributed by atoms with Crippen molar-refractivity contribution >= 4 is 47.1 Å². The predicted molar refractivity (Wildman–Crippen MR) is 132 cm³/mol. The first-order chi connectivity index (χ1) is 16.0. The second kappa shape index (κ2) is 10.6. The summed E-state index contributed by atoms with van der Waals surface area (Å²) < 4.78 is 1.92. The number of nitrogens with one attached hydrogen (secondary N) is 1. The van der Waals surface area contributed by atoms with E-state index < -0.39 is 0 Å². The van der Waals surface area contributed by atoms with Gasteiger partial charge in [-0.1, -0.05) is 64.8 Å². The van der Waals surface area contributed by atoms with Crippen LogP contribution in [-0.2, 0) is 4.79 Å². The van der Waals surface area contributed by atoms with Gasteiger partial charge in [0.05, 0.1) is 22.0 Å². The Bertz CT molecular complexity index is 1290. The molecule has 10 heteroatoms. The Morgan fingerprint density at radius 2 is 1.85 bits per heavy atom. The molecule has 0 aliphatic heterocycles. The van der Waals surface area contributed by atoms with Crippen LogP contribution >= 0.6 is 35.0 Å². The molecule has 1 amide bonds. The minimum Gasteiger partial charge on any atom is -0.272 e. The SMILES string of the molecule is Cc1ccc(-n2c(SCC(=O)N/N=C/c3cccc(Cl)c3Cl)nnc2-c2ccncc2)cc1. The average molecular weight is 497 g/mol. The smallest absolute Gasteiger partial charge is 0.250 e. The molecule has 0 saturated heterocycles. The van der Waals surface area contributed by atoms with Crippen LogP contribution in [0.25, 0.3) is 17.1 Å². The summed E-state index contributed by atoms with van der Waals surface area (Å²) in [4.78, 5) is 16.4. The van der Waals surface area contributed by atoms with E-state index in [-0.39, 0.29) is 11.7 Å². The van der Waals surface area contributed by atoms with Gasteiger partial charge in [0.1, 0.15) is 0 Å². The fraction of sp³-hybridized carbons (Fsp3) is 0.0870. The van der Waals surface area contributed by atoms with Crippen LogP contribution in [0, 0.1) is 6.92 Å². The molecule has 2 aromatic heterocycles. The minimum absolute atomic E-state index is 0.0982. The Hall–Kier alpha value is -3.20. The van der Waals surface area contributed by atoms with Crippen molar-refractivity contribution in [1.29, 1.82) is 0 Å². The maximum absolute atomic E-state index is 12.4. The van der Waals surface area contributed by atoms with Crippen molar-refractivity contribution in [3.05, 3.63) is 88.2 Å². The van der Waals surface area contributed by atoms with E-state index in [0.717, 1.165) is 16.8 Å². The van der Waals surface area contributed by atoms with E-state index in [9.17, 15) is 4.79 Å². The standard InChI is InChI=1S/C23H18Cl2N6OS/c1-15-5-7-18(8-6-15)31-22(16-9-11-26-12-10-16)29-30-23(31)33-14-20(32)28-27-13-17-3-2-4-19(24)21(17)25/h2-13H,14H2,1H3,(H,28,32)/b27-13+. The molecule has 4 aromatic rings. The highest BCUT2D eigenvalue weighted by Crippen LogP contribution is 2.28. The normalized spacial score (nSPS) is 11.1. The van der Waals surface area contributed by atoms with Gasteiger partial charge in [-0.05, 0) is 37.3 Å². The van der Waals surface area contributed by atoms with Gasteiger partial charge in [0.2, 0.25) is 0 Å². The van der Waals surface area contributed by atoms with E-state index in [1.807, 2.05) is 47.9 Å². The highest BCUT2D eigenvalue weighted by atomic mass is 35.5. The quantitative estimate of drug-likeness (QED) is 0.216. The fourth-order valence-corrected chi connectivity index (χ4v) is 4.04. The van der Waals surface area contributed by atoms with Crippen molar-refractivity contribution in [3.8, 4) is 17.1 Å². The monoisotopic (exact) mass is 496 g/mol. The summed E-state index contributed by atoms with van der Waals surface area (Å²) in [5.74, 6) is 0.470. The van der Waals surface area contributed by atoms with Crippen LogP contribution in [0.5, 0.6) is 0 Å². The number of pyridine rings is 1. The number of hydrogen-bond acceptors (Lipinski definition) is 6. The van der Waals surface area contributed by atoms with E-state index in [1.54, 1.807) is 30.6 Å². The van der Waals surface area contributed by atoms with Crippen LogP contribution in [-0.4, -0.2) is 37.6 Å². The largest absolute Gasteiger partial charge is 0.272 e. The molecular formula is C23H18Cl2N6OS. The van der Waals surface area contributed by atoms with E-state index in [4.69, 9.17) is 23.2 Å². The van der Waals surface area contributed by atoms with Crippen LogP contribution in [0.2, 0.25) is 10.0 Å². The second-order valence-corrected chi connectivity index (χ2v) is 8.67. The molecule has 7 nitrogen and oxygen atoms in total. The molecule has 166 valence electrons. The summed E-state index contributed by atoms with van der Waals surface area (Å²) >= 11 is 13.4. The molecule has 4 rings (SSSR count). The summed E-state index contributed by atoms with van der Waals surface area (Å²) in [6.45, 7) is 2.02. The number of nitrogens with zero attached hydrogens (tertiary/aromatic N) is 5. The number of amides is 1. The number of thioether (sulfide) groups is 1. The van der Waals surface area contributed by atoms with Gasteiger partial charge in [0.25, 0.3) is 5.91 Å². The third kappa shape index (κ3) is 5.60. The van der Waals surface area contributed by atoms with Crippen molar-refractivity contribution in [1.82, 2.24) is 25.2 Å².